The van der Waals surface area contributed by atoms with Gasteiger partial charge in [0.15, 0.2) is 0 Å². The summed E-state index contributed by atoms with van der Waals surface area (Å²) in [4.78, 5) is 0. The zero-order chi connectivity index (χ0) is 13.2. The molecular formula is C18H19Cl. The predicted molar refractivity (Wildman–Crippen MR) is 81.9 cm³/mol. The molecule has 1 atom stereocenters. The third kappa shape index (κ3) is 2.84. The standard InChI is InChI=1S/C18H19Cl/c1-13-4-2-5-14(10-13)11-18(19)17-9-8-15-6-3-7-16(15)12-17/h2,4-5,8-10,12,18H,3,6-7,11H2,1H3. The van der Waals surface area contributed by atoms with Gasteiger partial charge in [0.05, 0.1) is 5.38 Å². The van der Waals surface area contributed by atoms with Gasteiger partial charge in [0.1, 0.15) is 0 Å². The van der Waals surface area contributed by atoms with Crippen LogP contribution in [-0.2, 0) is 19.3 Å². The molecule has 0 saturated heterocycles. The first-order valence-electron chi connectivity index (χ1n) is 7.04. The molecule has 1 unspecified atom stereocenters. The minimum atomic E-state index is 0.0766. The number of fused-ring (bicyclic) bond motifs is 1. The summed E-state index contributed by atoms with van der Waals surface area (Å²) < 4.78 is 0. The highest BCUT2D eigenvalue weighted by Crippen LogP contribution is 2.30. The number of halogens is 1. The first-order chi connectivity index (χ1) is 9.22. The predicted octanol–water partition coefficient (Wildman–Crippen LogP) is 5.01. The van der Waals surface area contributed by atoms with E-state index in [0.717, 1.165) is 6.42 Å². The normalized spacial score (nSPS) is 15.3. The van der Waals surface area contributed by atoms with Crippen molar-refractivity contribution >= 4 is 11.6 Å². The molecule has 1 aliphatic rings. The van der Waals surface area contributed by atoms with E-state index in [9.17, 15) is 0 Å². The monoisotopic (exact) mass is 270 g/mol. The number of hydrogen-bond acceptors (Lipinski definition) is 0. The average molecular weight is 271 g/mol. The van der Waals surface area contributed by atoms with Crippen LogP contribution in [0.2, 0.25) is 0 Å². The van der Waals surface area contributed by atoms with E-state index in [1.165, 1.54) is 47.1 Å². The molecule has 0 saturated carbocycles. The van der Waals surface area contributed by atoms with Crippen molar-refractivity contribution < 1.29 is 0 Å². The SMILES string of the molecule is Cc1cccc(CC(Cl)c2ccc3c(c2)CCC3)c1. The maximum Gasteiger partial charge on any atom is 0.0625 e. The molecule has 0 N–H and O–H groups in total. The fraction of sp³-hybridized carbons (Fsp3) is 0.333. The van der Waals surface area contributed by atoms with Crippen LogP contribution in [0.15, 0.2) is 42.5 Å². The summed E-state index contributed by atoms with van der Waals surface area (Å²) >= 11 is 6.59. The van der Waals surface area contributed by atoms with Crippen molar-refractivity contribution in [3.05, 3.63) is 70.3 Å². The van der Waals surface area contributed by atoms with E-state index < -0.39 is 0 Å². The first kappa shape index (κ1) is 12.7. The van der Waals surface area contributed by atoms with Gasteiger partial charge in [0, 0.05) is 0 Å². The largest absolute Gasteiger partial charge is 0.117 e. The van der Waals surface area contributed by atoms with Gasteiger partial charge in [0.25, 0.3) is 0 Å². The molecule has 0 spiro atoms. The summed E-state index contributed by atoms with van der Waals surface area (Å²) in [6, 6.07) is 15.4. The molecule has 2 aromatic rings. The van der Waals surface area contributed by atoms with Crippen LogP contribution in [0.25, 0.3) is 0 Å². The number of benzene rings is 2. The van der Waals surface area contributed by atoms with Crippen molar-refractivity contribution in [2.24, 2.45) is 0 Å². The molecule has 19 heavy (non-hydrogen) atoms. The average Bonchev–Trinajstić information content (AvgIpc) is 2.85. The Balaban J connectivity index is 1.78. The molecule has 98 valence electrons. The molecule has 2 aromatic carbocycles. The molecule has 0 aromatic heterocycles. The van der Waals surface area contributed by atoms with Crippen molar-refractivity contribution in [1.29, 1.82) is 0 Å². The molecule has 0 heterocycles. The lowest BCUT2D eigenvalue weighted by Gasteiger charge is -2.12. The van der Waals surface area contributed by atoms with Crippen molar-refractivity contribution in [3.63, 3.8) is 0 Å². The van der Waals surface area contributed by atoms with Crippen LogP contribution < -0.4 is 0 Å². The minimum Gasteiger partial charge on any atom is -0.117 e. The van der Waals surface area contributed by atoms with Crippen LogP contribution in [-0.4, -0.2) is 0 Å². The molecule has 3 rings (SSSR count). The smallest absolute Gasteiger partial charge is 0.0625 e. The van der Waals surface area contributed by atoms with Gasteiger partial charge in [-0.05, 0) is 54.9 Å². The van der Waals surface area contributed by atoms with E-state index >= 15 is 0 Å². The Hall–Kier alpha value is -1.27. The van der Waals surface area contributed by atoms with Gasteiger partial charge >= 0.3 is 0 Å². The highest BCUT2D eigenvalue weighted by atomic mass is 35.5. The zero-order valence-corrected chi connectivity index (χ0v) is 12.1. The lowest BCUT2D eigenvalue weighted by Crippen LogP contribution is -1.97. The molecule has 0 nitrogen and oxygen atoms in total. The van der Waals surface area contributed by atoms with Gasteiger partial charge < -0.3 is 0 Å². The third-order valence-electron chi connectivity index (χ3n) is 3.98. The highest BCUT2D eigenvalue weighted by Gasteiger charge is 2.15. The number of aryl methyl sites for hydroxylation is 3. The topological polar surface area (TPSA) is 0 Å². The molecule has 0 bridgehead atoms. The Morgan fingerprint density at radius 1 is 1.05 bits per heavy atom. The summed E-state index contributed by atoms with van der Waals surface area (Å²) in [6.45, 7) is 2.13. The Labute approximate surface area is 120 Å². The van der Waals surface area contributed by atoms with Crippen molar-refractivity contribution in [1.82, 2.24) is 0 Å². The van der Waals surface area contributed by atoms with Crippen molar-refractivity contribution in [3.8, 4) is 0 Å². The van der Waals surface area contributed by atoms with Gasteiger partial charge in [-0.25, -0.2) is 0 Å². The van der Waals surface area contributed by atoms with E-state index in [-0.39, 0.29) is 5.38 Å². The lowest BCUT2D eigenvalue weighted by atomic mass is 9.99. The first-order valence-corrected chi connectivity index (χ1v) is 7.47. The summed E-state index contributed by atoms with van der Waals surface area (Å²) in [7, 11) is 0. The van der Waals surface area contributed by atoms with Crippen LogP contribution in [0.5, 0.6) is 0 Å². The van der Waals surface area contributed by atoms with Gasteiger partial charge in [-0.3, -0.25) is 0 Å². The Morgan fingerprint density at radius 2 is 1.89 bits per heavy atom. The van der Waals surface area contributed by atoms with E-state index in [0.29, 0.717) is 0 Å². The summed E-state index contributed by atoms with van der Waals surface area (Å²) in [5.74, 6) is 0. The summed E-state index contributed by atoms with van der Waals surface area (Å²) in [6.07, 6.45) is 4.66. The van der Waals surface area contributed by atoms with Gasteiger partial charge in [-0.1, -0.05) is 48.0 Å². The van der Waals surface area contributed by atoms with Gasteiger partial charge in [-0.2, -0.15) is 0 Å². The molecule has 1 heteroatoms. The number of hydrogen-bond donors (Lipinski definition) is 0. The van der Waals surface area contributed by atoms with E-state index in [1.807, 2.05) is 0 Å². The van der Waals surface area contributed by atoms with Gasteiger partial charge in [-0.15, -0.1) is 11.6 Å². The van der Waals surface area contributed by atoms with Gasteiger partial charge in [0.2, 0.25) is 0 Å². The minimum absolute atomic E-state index is 0.0766. The van der Waals surface area contributed by atoms with Crippen LogP contribution in [0.4, 0.5) is 0 Å². The molecular weight excluding hydrogens is 252 g/mol. The zero-order valence-electron chi connectivity index (χ0n) is 11.3. The quantitative estimate of drug-likeness (QED) is 0.688. The van der Waals surface area contributed by atoms with E-state index in [4.69, 9.17) is 11.6 Å². The van der Waals surface area contributed by atoms with Crippen molar-refractivity contribution in [2.75, 3.05) is 0 Å². The van der Waals surface area contributed by atoms with Crippen LogP contribution in [0.3, 0.4) is 0 Å². The summed E-state index contributed by atoms with van der Waals surface area (Å²) in [5.41, 5.74) is 6.91. The van der Waals surface area contributed by atoms with Crippen LogP contribution in [0, 0.1) is 6.92 Å². The fourth-order valence-corrected chi connectivity index (χ4v) is 3.26. The van der Waals surface area contributed by atoms with E-state index in [2.05, 4.69) is 49.4 Å². The number of alkyl halides is 1. The second kappa shape index (κ2) is 5.38. The highest BCUT2D eigenvalue weighted by molar-refractivity contribution is 6.20. The summed E-state index contributed by atoms with van der Waals surface area (Å²) in [5, 5.41) is 0.0766. The van der Waals surface area contributed by atoms with Crippen LogP contribution in [0.1, 0.15) is 39.6 Å². The lowest BCUT2D eigenvalue weighted by molar-refractivity contribution is 0.905. The third-order valence-corrected chi connectivity index (χ3v) is 4.39. The Bertz CT molecular complexity index is 586. The number of rotatable bonds is 3. The Kier molecular flexibility index (Phi) is 3.61. The van der Waals surface area contributed by atoms with Crippen molar-refractivity contribution in [2.45, 2.75) is 38.0 Å². The molecule has 1 aliphatic carbocycles. The maximum atomic E-state index is 6.59. The van der Waals surface area contributed by atoms with Crippen LogP contribution >= 0.6 is 11.6 Å². The molecule has 0 amide bonds. The second-order valence-electron chi connectivity index (χ2n) is 5.54. The Morgan fingerprint density at radius 3 is 2.74 bits per heavy atom. The second-order valence-corrected chi connectivity index (χ2v) is 6.07. The molecule has 0 aliphatic heterocycles. The molecule has 0 radical (unpaired) electrons. The maximum absolute atomic E-state index is 6.59. The molecule has 0 fully saturated rings. The fourth-order valence-electron chi connectivity index (χ4n) is 2.95. The van der Waals surface area contributed by atoms with E-state index in [1.54, 1.807) is 0 Å².